The van der Waals surface area contributed by atoms with E-state index >= 15 is 0 Å². The molecule has 2 atom stereocenters. The van der Waals surface area contributed by atoms with Crippen LogP contribution in [0.5, 0.6) is 0 Å². The molecule has 4 nitrogen and oxygen atoms in total. The number of rotatable bonds is 7. The van der Waals surface area contributed by atoms with Gasteiger partial charge in [-0.1, -0.05) is 30.3 Å². The molecule has 0 radical (unpaired) electrons. The van der Waals surface area contributed by atoms with Crippen LogP contribution in [0.1, 0.15) is 34.7 Å². The van der Waals surface area contributed by atoms with Crippen LogP contribution in [0.15, 0.2) is 41.5 Å². The molecule has 2 aromatic rings. The van der Waals surface area contributed by atoms with Crippen molar-refractivity contribution < 1.29 is 0 Å². The van der Waals surface area contributed by atoms with E-state index in [1.54, 1.807) is 11.3 Å². The molecule has 1 heterocycles. The second-order valence-corrected chi connectivity index (χ2v) is 7.59. The summed E-state index contributed by atoms with van der Waals surface area (Å²) in [6, 6.07) is 10.8. The highest BCUT2D eigenvalue weighted by molar-refractivity contribution is 14.0. The lowest BCUT2D eigenvalue weighted by Crippen LogP contribution is -2.38. The SMILES string of the molecule is CCNC(=NCC1CC1c1ccccc1)NCCc1ncc(C)s1.I. The van der Waals surface area contributed by atoms with Crippen LogP contribution in [-0.2, 0) is 6.42 Å². The molecular formula is C19H27IN4S. The third kappa shape index (κ3) is 6.26. The molecule has 0 saturated heterocycles. The number of halogens is 1. The van der Waals surface area contributed by atoms with Gasteiger partial charge in [-0.25, -0.2) is 4.98 Å². The van der Waals surface area contributed by atoms with E-state index in [0.29, 0.717) is 11.8 Å². The van der Waals surface area contributed by atoms with E-state index in [2.05, 4.69) is 59.8 Å². The number of guanidine groups is 1. The Labute approximate surface area is 171 Å². The fraction of sp³-hybridized carbons (Fsp3) is 0.474. The van der Waals surface area contributed by atoms with Crippen molar-refractivity contribution in [2.75, 3.05) is 19.6 Å². The molecule has 0 amide bonds. The van der Waals surface area contributed by atoms with Gasteiger partial charge >= 0.3 is 0 Å². The van der Waals surface area contributed by atoms with Gasteiger partial charge in [-0.05, 0) is 37.7 Å². The van der Waals surface area contributed by atoms with E-state index < -0.39 is 0 Å². The van der Waals surface area contributed by atoms with Crippen LogP contribution < -0.4 is 10.6 Å². The third-order valence-electron chi connectivity index (χ3n) is 4.28. The number of nitrogens with zero attached hydrogens (tertiary/aromatic N) is 2. The molecule has 3 rings (SSSR count). The minimum absolute atomic E-state index is 0. The Morgan fingerprint density at radius 1 is 1.28 bits per heavy atom. The van der Waals surface area contributed by atoms with E-state index in [0.717, 1.165) is 32.0 Å². The molecule has 2 unspecified atom stereocenters. The Morgan fingerprint density at radius 3 is 2.76 bits per heavy atom. The predicted octanol–water partition coefficient (Wildman–Crippen LogP) is 3.97. The van der Waals surface area contributed by atoms with Gasteiger partial charge in [0.05, 0.1) is 5.01 Å². The van der Waals surface area contributed by atoms with E-state index in [1.165, 1.54) is 21.9 Å². The van der Waals surface area contributed by atoms with Gasteiger partial charge in [0.25, 0.3) is 0 Å². The molecule has 136 valence electrons. The van der Waals surface area contributed by atoms with Gasteiger partial charge in [0.15, 0.2) is 5.96 Å². The van der Waals surface area contributed by atoms with Gasteiger partial charge in [-0.3, -0.25) is 4.99 Å². The number of hydrogen-bond donors (Lipinski definition) is 2. The fourth-order valence-corrected chi connectivity index (χ4v) is 3.70. The number of nitrogens with one attached hydrogen (secondary N) is 2. The summed E-state index contributed by atoms with van der Waals surface area (Å²) in [6.07, 6.45) is 4.14. The van der Waals surface area contributed by atoms with Crippen LogP contribution in [0.25, 0.3) is 0 Å². The summed E-state index contributed by atoms with van der Waals surface area (Å²) < 4.78 is 0. The second kappa shape index (κ2) is 10.1. The number of aromatic nitrogens is 1. The first-order valence-electron chi connectivity index (χ1n) is 8.74. The molecule has 1 saturated carbocycles. The lowest BCUT2D eigenvalue weighted by atomic mass is 10.1. The van der Waals surface area contributed by atoms with Crippen LogP contribution in [0, 0.1) is 12.8 Å². The zero-order valence-corrected chi connectivity index (χ0v) is 18.0. The quantitative estimate of drug-likeness (QED) is 0.366. The summed E-state index contributed by atoms with van der Waals surface area (Å²) in [4.78, 5) is 10.4. The molecule has 0 bridgehead atoms. The Hall–Kier alpha value is -1.15. The monoisotopic (exact) mass is 470 g/mol. The maximum absolute atomic E-state index is 4.77. The smallest absolute Gasteiger partial charge is 0.191 e. The van der Waals surface area contributed by atoms with Crippen molar-refractivity contribution in [1.29, 1.82) is 0 Å². The highest BCUT2D eigenvalue weighted by Crippen LogP contribution is 2.47. The Morgan fingerprint density at radius 2 is 2.08 bits per heavy atom. The zero-order valence-electron chi connectivity index (χ0n) is 14.9. The van der Waals surface area contributed by atoms with Crippen LogP contribution in [0.3, 0.4) is 0 Å². The van der Waals surface area contributed by atoms with Gasteiger partial charge in [-0.2, -0.15) is 0 Å². The maximum Gasteiger partial charge on any atom is 0.191 e. The summed E-state index contributed by atoms with van der Waals surface area (Å²) >= 11 is 1.77. The number of benzene rings is 1. The van der Waals surface area contributed by atoms with Crippen molar-refractivity contribution >= 4 is 41.3 Å². The molecule has 1 aromatic carbocycles. The van der Waals surface area contributed by atoms with E-state index in [1.807, 2.05) is 6.20 Å². The molecular weight excluding hydrogens is 443 g/mol. The van der Waals surface area contributed by atoms with Crippen molar-refractivity contribution in [3.63, 3.8) is 0 Å². The third-order valence-corrected chi connectivity index (χ3v) is 5.25. The molecule has 1 aromatic heterocycles. The van der Waals surface area contributed by atoms with Gasteiger partial charge in [0.1, 0.15) is 0 Å². The van der Waals surface area contributed by atoms with Gasteiger partial charge in [-0.15, -0.1) is 35.3 Å². The number of thiazole rings is 1. The summed E-state index contributed by atoms with van der Waals surface area (Å²) in [7, 11) is 0. The summed E-state index contributed by atoms with van der Waals surface area (Å²) in [5.74, 6) is 2.30. The average molecular weight is 470 g/mol. The van der Waals surface area contributed by atoms with E-state index in [9.17, 15) is 0 Å². The lowest BCUT2D eigenvalue weighted by Gasteiger charge is -2.10. The van der Waals surface area contributed by atoms with E-state index in [-0.39, 0.29) is 24.0 Å². The van der Waals surface area contributed by atoms with Gasteiger partial charge < -0.3 is 10.6 Å². The molecule has 2 N–H and O–H groups in total. The molecule has 6 heteroatoms. The number of hydrogen-bond acceptors (Lipinski definition) is 3. The van der Waals surface area contributed by atoms with Crippen LogP contribution in [0.4, 0.5) is 0 Å². The zero-order chi connectivity index (χ0) is 16.8. The lowest BCUT2D eigenvalue weighted by molar-refractivity contribution is 0.763. The summed E-state index contributed by atoms with van der Waals surface area (Å²) in [5.41, 5.74) is 1.45. The highest BCUT2D eigenvalue weighted by Gasteiger charge is 2.37. The first-order valence-corrected chi connectivity index (χ1v) is 9.56. The van der Waals surface area contributed by atoms with Crippen molar-refractivity contribution in [3.8, 4) is 0 Å². The molecule has 0 spiro atoms. The van der Waals surface area contributed by atoms with Crippen LogP contribution in [0.2, 0.25) is 0 Å². The van der Waals surface area contributed by atoms with Crippen molar-refractivity contribution in [2.45, 2.75) is 32.6 Å². The predicted molar refractivity (Wildman–Crippen MR) is 117 cm³/mol. The van der Waals surface area contributed by atoms with Crippen molar-refractivity contribution in [3.05, 3.63) is 52.0 Å². The number of aliphatic imine (C=N–C) groups is 1. The molecule has 0 aliphatic heterocycles. The Bertz CT molecular complexity index is 671. The standard InChI is InChI=1S/C19H26N4S.HI/c1-3-20-19(21-10-9-18-22-12-14(2)24-18)23-13-16-11-17(16)15-7-5-4-6-8-15;/h4-8,12,16-17H,3,9-11,13H2,1-2H3,(H2,20,21,23);1H. The largest absolute Gasteiger partial charge is 0.357 e. The van der Waals surface area contributed by atoms with Crippen molar-refractivity contribution in [2.24, 2.45) is 10.9 Å². The first kappa shape index (κ1) is 20.2. The maximum atomic E-state index is 4.77. The minimum Gasteiger partial charge on any atom is -0.357 e. The summed E-state index contributed by atoms with van der Waals surface area (Å²) in [5, 5.41) is 7.94. The molecule has 1 aliphatic carbocycles. The average Bonchev–Trinajstić information content (AvgIpc) is 3.27. The highest BCUT2D eigenvalue weighted by atomic mass is 127. The van der Waals surface area contributed by atoms with Gasteiger partial charge in [0.2, 0.25) is 0 Å². The van der Waals surface area contributed by atoms with Crippen LogP contribution in [-0.4, -0.2) is 30.6 Å². The topological polar surface area (TPSA) is 49.3 Å². The number of aryl methyl sites for hydroxylation is 1. The Balaban J connectivity index is 0.00000225. The fourth-order valence-electron chi connectivity index (χ4n) is 2.91. The first-order chi connectivity index (χ1) is 11.8. The minimum atomic E-state index is 0. The Kier molecular flexibility index (Phi) is 8.15. The van der Waals surface area contributed by atoms with E-state index in [4.69, 9.17) is 4.99 Å². The van der Waals surface area contributed by atoms with Crippen molar-refractivity contribution in [1.82, 2.24) is 15.6 Å². The summed E-state index contributed by atoms with van der Waals surface area (Å²) in [6.45, 7) is 6.84. The molecule has 1 aliphatic rings. The second-order valence-electron chi connectivity index (χ2n) is 6.27. The molecule has 25 heavy (non-hydrogen) atoms. The normalized spacial score (nSPS) is 19.2. The van der Waals surface area contributed by atoms with Gasteiger partial charge in [0, 0.05) is 37.1 Å². The molecule has 1 fully saturated rings. The van der Waals surface area contributed by atoms with Crippen LogP contribution >= 0.6 is 35.3 Å².